The molecule has 0 aliphatic heterocycles. The second-order valence-corrected chi connectivity index (χ2v) is 3.83. The molecule has 0 saturated heterocycles. The molecular formula is C13H10ClF. The molecule has 0 atom stereocenters. The molecular weight excluding hydrogens is 211 g/mol. The molecule has 0 N–H and O–H groups in total. The number of rotatable bonds is 2. The maximum Gasteiger partial charge on any atom is 0.234 e. The van der Waals surface area contributed by atoms with Gasteiger partial charge in [-0.15, -0.1) is 0 Å². The summed E-state index contributed by atoms with van der Waals surface area (Å²) in [6, 6.07) is 17.5. The zero-order chi connectivity index (χ0) is 10.7. The summed E-state index contributed by atoms with van der Waals surface area (Å²) in [5.74, 6) is 0. The zero-order valence-corrected chi connectivity index (χ0v) is 8.79. The van der Waals surface area contributed by atoms with Crippen molar-refractivity contribution in [1.29, 1.82) is 0 Å². The van der Waals surface area contributed by atoms with Gasteiger partial charge in [0.25, 0.3) is 0 Å². The lowest BCUT2D eigenvalue weighted by molar-refractivity contribution is 0.343. The maximum absolute atomic E-state index is 14.3. The van der Waals surface area contributed by atoms with Crippen LogP contribution in [0.3, 0.4) is 0 Å². The lowest BCUT2D eigenvalue weighted by atomic mass is 10.0. The van der Waals surface area contributed by atoms with Crippen LogP contribution in [-0.2, 0) is 5.13 Å². The lowest BCUT2D eigenvalue weighted by Crippen LogP contribution is -2.13. The van der Waals surface area contributed by atoms with Crippen LogP contribution in [0.25, 0.3) is 0 Å². The molecule has 0 saturated carbocycles. The summed E-state index contributed by atoms with van der Waals surface area (Å²) >= 11 is 5.92. The Kier molecular flexibility index (Phi) is 2.74. The van der Waals surface area contributed by atoms with Gasteiger partial charge in [0.1, 0.15) is 0 Å². The van der Waals surface area contributed by atoms with E-state index in [2.05, 4.69) is 0 Å². The van der Waals surface area contributed by atoms with Gasteiger partial charge >= 0.3 is 0 Å². The Balaban J connectivity index is 2.44. The molecule has 0 radical (unpaired) electrons. The fourth-order valence-corrected chi connectivity index (χ4v) is 1.71. The highest BCUT2D eigenvalue weighted by Crippen LogP contribution is 2.37. The normalized spacial score (nSPS) is 11.3. The van der Waals surface area contributed by atoms with Gasteiger partial charge in [-0.1, -0.05) is 72.3 Å². The molecule has 0 spiro atoms. The Hall–Kier alpha value is -1.34. The predicted octanol–water partition coefficient (Wildman–Crippen LogP) is 4.10. The third-order valence-corrected chi connectivity index (χ3v) is 2.71. The van der Waals surface area contributed by atoms with Gasteiger partial charge in [-0.25, -0.2) is 4.39 Å². The molecule has 2 aromatic rings. The number of alkyl halides is 2. The summed E-state index contributed by atoms with van der Waals surface area (Å²) in [5.41, 5.74) is 0.913. The van der Waals surface area contributed by atoms with Crippen molar-refractivity contribution in [3.63, 3.8) is 0 Å². The van der Waals surface area contributed by atoms with Gasteiger partial charge in [0.2, 0.25) is 5.13 Å². The van der Waals surface area contributed by atoms with E-state index in [4.69, 9.17) is 11.6 Å². The van der Waals surface area contributed by atoms with Crippen molar-refractivity contribution in [2.45, 2.75) is 5.13 Å². The van der Waals surface area contributed by atoms with Crippen LogP contribution in [0.4, 0.5) is 4.39 Å². The number of hydrogen-bond donors (Lipinski definition) is 0. The molecule has 0 unspecified atom stereocenters. The van der Waals surface area contributed by atoms with Crippen LogP contribution in [0.1, 0.15) is 11.1 Å². The Bertz CT molecular complexity index is 381. The summed E-state index contributed by atoms with van der Waals surface area (Å²) in [6.07, 6.45) is 0. The summed E-state index contributed by atoms with van der Waals surface area (Å²) in [6.45, 7) is 0. The first-order valence-corrected chi connectivity index (χ1v) is 5.08. The molecule has 2 aromatic carbocycles. The van der Waals surface area contributed by atoms with Crippen LogP contribution < -0.4 is 0 Å². The van der Waals surface area contributed by atoms with Gasteiger partial charge in [0, 0.05) is 11.1 Å². The monoisotopic (exact) mass is 220 g/mol. The molecule has 0 aromatic heterocycles. The van der Waals surface area contributed by atoms with Crippen LogP contribution in [0.2, 0.25) is 0 Å². The van der Waals surface area contributed by atoms with Crippen LogP contribution >= 0.6 is 11.6 Å². The molecule has 76 valence electrons. The Morgan fingerprint density at radius 2 is 1.07 bits per heavy atom. The van der Waals surface area contributed by atoms with Crippen LogP contribution in [0.15, 0.2) is 60.7 Å². The molecule has 2 rings (SSSR count). The Morgan fingerprint density at radius 1 is 0.733 bits per heavy atom. The number of hydrogen-bond acceptors (Lipinski definition) is 0. The fraction of sp³-hybridized carbons (Fsp3) is 0.0769. The maximum atomic E-state index is 14.3. The highest BCUT2D eigenvalue weighted by Gasteiger charge is 2.30. The average molecular weight is 221 g/mol. The smallest absolute Gasteiger partial charge is 0.216 e. The minimum atomic E-state index is -1.94. The average Bonchev–Trinajstić information content (AvgIpc) is 2.31. The molecule has 0 fully saturated rings. The van der Waals surface area contributed by atoms with Gasteiger partial charge in [-0.05, 0) is 0 Å². The van der Waals surface area contributed by atoms with Crippen molar-refractivity contribution < 1.29 is 4.39 Å². The SMILES string of the molecule is FC(Cl)(c1ccccc1)c1ccccc1. The van der Waals surface area contributed by atoms with E-state index in [1.54, 1.807) is 48.5 Å². The Morgan fingerprint density at radius 3 is 1.40 bits per heavy atom. The van der Waals surface area contributed by atoms with E-state index in [1.165, 1.54) is 0 Å². The zero-order valence-electron chi connectivity index (χ0n) is 8.03. The van der Waals surface area contributed by atoms with E-state index in [0.29, 0.717) is 11.1 Å². The molecule has 15 heavy (non-hydrogen) atoms. The predicted molar refractivity (Wildman–Crippen MR) is 60.6 cm³/mol. The highest BCUT2D eigenvalue weighted by molar-refractivity contribution is 6.24. The fourth-order valence-electron chi connectivity index (χ4n) is 1.46. The quantitative estimate of drug-likeness (QED) is 0.669. The standard InChI is InChI=1S/C13H10ClF/c14-13(15,11-7-3-1-4-8-11)12-9-5-2-6-10-12/h1-10H. The molecule has 0 nitrogen and oxygen atoms in total. The molecule has 0 aliphatic carbocycles. The largest absolute Gasteiger partial charge is 0.234 e. The second-order valence-electron chi connectivity index (χ2n) is 3.31. The van der Waals surface area contributed by atoms with E-state index in [-0.39, 0.29) is 0 Å². The molecule has 0 bridgehead atoms. The highest BCUT2D eigenvalue weighted by atomic mass is 35.5. The minimum absolute atomic E-state index is 0.456. The number of benzene rings is 2. The molecule has 2 heteroatoms. The summed E-state index contributed by atoms with van der Waals surface area (Å²) < 4.78 is 14.3. The van der Waals surface area contributed by atoms with E-state index in [9.17, 15) is 4.39 Å². The summed E-state index contributed by atoms with van der Waals surface area (Å²) in [4.78, 5) is 0. The minimum Gasteiger partial charge on any atom is -0.216 e. The van der Waals surface area contributed by atoms with E-state index in [0.717, 1.165) is 0 Å². The molecule has 0 aliphatic rings. The Labute approximate surface area is 93.3 Å². The van der Waals surface area contributed by atoms with Crippen molar-refractivity contribution >= 4 is 11.6 Å². The van der Waals surface area contributed by atoms with Crippen LogP contribution in [-0.4, -0.2) is 0 Å². The third-order valence-electron chi connectivity index (χ3n) is 2.27. The number of halogens is 2. The van der Waals surface area contributed by atoms with Gasteiger partial charge < -0.3 is 0 Å². The van der Waals surface area contributed by atoms with Crippen LogP contribution in [0.5, 0.6) is 0 Å². The van der Waals surface area contributed by atoms with Crippen molar-refractivity contribution in [1.82, 2.24) is 0 Å². The summed E-state index contributed by atoms with van der Waals surface area (Å²) in [7, 11) is 0. The van der Waals surface area contributed by atoms with Crippen molar-refractivity contribution in [2.75, 3.05) is 0 Å². The summed E-state index contributed by atoms with van der Waals surface area (Å²) in [5, 5.41) is -1.94. The lowest BCUT2D eigenvalue weighted by Gasteiger charge is -2.18. The first-order valence-electron chi connectivity index (χ1n) is 4.70. The van der Waals surface area contributed by atoms with E-state index in [1.807, 2.05) is 12.1 Å². The topological polar surface area (TPSA) is 0 Å². The first-order chi connectivity index (χ1) is 7.21. The van der Waals surface area contributed by atoms with E-state index >= 15 is 0 Å². The van der Waals surface area contributed by atoms with Gasteiger partial charge in [-0.2, -0.15) is 0 Å². The first kappa shape index (κ1) is 10.2. The molecule has 0 amide bonds. The third kappa shape index (κ3) is 2.02. The molecule has 0 heterocycles. The van der Waals surface area contributed by atoms with Crippen LogP contribution in [0, 0.1) is 0 Å². The second kappa shape index (κ2) is 4.03. The van der Waals surface area contributed by atoms with Crippen molar-refractivity contribution in [2.24, 2.45) is 0 Å². The van der Waals surface area contributed by atoms with Crippen molar-refractivity contribution in [3.8, 4) is 0 Å². The van der Waals surface area contributed by atoms with Gasteiger partial charge in [0.05, 0.1) is 0 Å². The van der Waals surface area contributed by atoms with E-state index < -0.39 is 5.13 Å². The van der Waals surface area contributed by atoms with Gasteiger partial charge in [0.15, 0.2) is 0 Å². The van der Waals surface area contributed by atoms with Crippen molar-refractivity contribution in [3.05, 3.63) is 71.8 Å². The van der Waals surface area contributed by atoms with Gasteiger partial charge in [-0.3, -0.25) is 0 Å².